The lowest BCUT2D eigenvalue weighted by atomic mass is 10.0. The molecule has 0 spiro atoms. The second-order valence-corrected chi connectivity index (χ2v) is 13.8. The first-order chi connectivity index (χ1) is 20.4. The van der Waals surface area contributed by atoms with E-state index in [-0.39, 0.29) is 9.90 Å². The molecule has 3 N–H and O–H groups in total. The second-order valence-electron chi connectivity index (χ2n) is 12.7. The van der Waals surface area contributed by atoms with E-state index >= 15 is 0 Å². The maximum atomic E-state index is 8.88. The van der Waals surface area contributed by atoms with Crippen molar-refractivity contribution in [3.05, 3.63) is 0 Å². The van der Waals surface area contributed by atoms with Gasteiger partial charge in [0.05, 0.1) is 0 Å². The smallest absolute Gasteiger partial charge is 0.381 e. The normalized spacial score (nSPS) is 11.3. The molecule has 264 valence electrons. The highest BCUT2D eigenvalue weighted by Gasteiger charge is 2.00. The van der Waals surface area contributed by atoms with Gasteiger partial charge in [0.2, 0.25) is 0 Å². The highest BCUT2D eigenvalue weighted by atomic mass is 31.2. The minimum atomic E-state index is -4.64. The zero-order valence-corrected chi connectivity index (χ0v) is 31.7. The first-order valence-corrected chi connectivity index (χ1v) is 20.3. The van der Waals surface area contributed by atoms with Crippen molar-refractivity contribution in [2.75, 3.05) is 13.2 Å². The van der Waals surface area contributed by atoms with Crippen LogP contribution in [0.3, 0.4) is 0 Å². The summed E-state index contributed by atoms with van der Waals surface area (Å²) in [4.78, 5) is 21.6. The van der Waals surface area contributed by atoms with Crippen LogP contribution in [0.4, 0.5) is 0 Å². The molecule has 1 atom stereocenters. The van der Waals surface area contributed by atoms with Crippen molar-refractivity contribution in [1.82, 2.24) is 0 Å². The molecule has 0 aliphatic heterocycles. The van der Waals surface area contributed by atoms with Gasteiger partial charge in [-0.3, -0.25) is 0 Å². The van der Waals surface area contributed by atoms with Gasteiger partial charge in [0.1, 0.15) is 0 Å². The standard InChI is InChI=1S/C36H74O.H3O4P.H3P/c1-3-5-7-9-11-13-15-17-19-21-23-25-27-29-31-33-35-37-36-34-32-30-28-26-24-22-20-18-16-14-12-10-8-6-4-2;1-5(2,3)4;/h3-36H2,1-2H3;(H3,1,2,3,4);1H3. The van der Waals surface area contributed by atoms with Gasteiger partial charge in [-0.1, -0.05) is 206 Å². The van der Waals surface area contributed by atoms with Gasteiger partial charge >= 0.3 is 7.82 Å². The molecule has 0 aromatic heterocycles. The first kappa shape index (κ1) is 47.9. The topological polar surface area (TPSA) is 87.0 Å². The van der Waals surface area contributed by atoms with E-state index in [1.165, 1.54) is 205 Å². The minimum absolute atomic E-state index is 0. The molecular formula is C36H80O5P2. The molecule has 0 saturated carbocycles. The van der Waals surface area contributed by atoms with Gasteiger partial charge < -0.3 is 19.4 Å². The molecule has 5 nitrogen and oxygen atoms in total. The third-order valence-corrected chi connectivity index (χ3v) is 8.28. The molecule has 43 heavy (non-hydrogen) atoms. The Bertz CT molecular complexity index is 474. The van der Waals surface area contributed by atoms with Crippen molar-refractivity contribution >= 4 is 17.7 Å². The second kappa shape index (κ2) is 42.5. The van der Waals surface area contributed by atoms with Gasteiger partial charge in [-0.05, 0) is 12.8 Å². The Morgan fingerprint density at radius 2 is 0.488 bits per heavy atom. The van der Waals surface area contributed by atoms with Crippen LogP contribution in [0.1, 0.15) is 219 Å². The molecule has 0 aromatic carbocycles. The lowest BCUT2D eigenvalue weighted by Gasteiger charge is -2.06. The summed E-state index contributed by atoms with van der Waals surface area (Å²) in [5.74, 6) is 0. The van der Waals surface area contributed by atoms with Gasteiger partial charge in [0.25, 0.3) is 0 Å². The van der Waals surface area contributed by atoms with Crippen LogP contribution in [0.25, 0.3) is 0 Å². The highest BCUT2D eigenvalue weighted by Crippen LogP contribution is 2.25. The Balaban J connectivity index is -0.00000244. The number of ether oxygens (including phenoxy) is 1. The monoisotopic (exact) mass is 655 g/mol. The van der Waals surface area contributed by atoms with Crippen LogP contribution >= 0.6 is 17.7 Å². The summed E-state index contributed by atoms with van der Waals surface area (Å²) < 4.78 is 14.8. The predicted octanol–water partition coefficient (Wildman–Crippen LogP) is 12.7. The summed E-state index contributed by atoms with van der Waals surface area (Å²) >= 11 is 0. The third kappa shape index (κ3) is 58.6. The van der Waals surface area contributed by atoms with E-state index in [0.29, 0.717) is 0 Å². The van der Waals surface area contributed by atoms with E-state index in [1.54, 1.807) is 0 Å². The third-order valence-electron chi connectivity index (χ3n) is 8.28. The summed E-state index contributed by atoms with van der Waals surface area (Å²) in [5.41, 5.74) is 0. The van der Waals surface area contributed by atoms with Crippen molar-refractivity contribution in [1.29, 1.82) is 0 Å². The largest absolute Gasteiger partial charge is 0.466 e. The average Bonchev–Trinajstić information content (AvgIpc) is 2.94. The van der Waals surface area contributed by atoms with Gasteiger partial charge in [-0.15, -0.1) is 0 Å². The molecule has 0 heterocycles. The number of rotatable bonds is 34. The molecular weight excluding hydrogens is 574 g/mol. The lowest BCUT2D eigenvalue weighted by Crippen LogP contribution is -1.97. The summed E-state index contributed by atoms with van der Waals surface area (Å²) in [6.45, 7) is 6.60. The number of phosphoric acid groups is 1. The molecule has 0 amide bonds. The Morgan fingerprint density at radius 3 is 0.651 bits per heavy atom. The molecule has 0 radical (unpaired) electrons. The van der Waals surface area contributed by atoms with E-state index in [0.717, 1.165) is 13.2 Å². The molecule has 1 unspecified atom stereocenters. The Morgan fingerprint density at radius 1 is 0.349 bits per heavy atom. The minimum Gasteiger partial charge on any atom is -0.381 e. The predicted molar refractivity (Wildman–Crippen MR) is 195 cm³/mol. The summed E-state index contributed by atoms with van der Waals surface area (Å²) in [7, 11) is -4.64. The van der Waals surface area contributed by atoms with Crippen LogP contribution in [-0.4, -0.2) is 27.9 Å². The van der Waals surface area contributed by atoms with Gasteiger partial charge in [0.15, 0.2) is 0 Å². The zero-order valence-electron chi connectivity index (χ0n) is 29.4. The summed E-state index contributed by atoms with van der Waals surface area (Å²) in [5, 5.41) is 0. The zero-order chi connectivity index (χ0) is 31.2. The average molecular weight is 655 g/mol. The maximum absolute atomic E-state index is 8.88. The lowest BCUT2D eigenvalue weighted by molar-refractivity contribution is 0.125. The molecule has 7 heteroatoms. The van der Waals surface area contributed by atoms with Crippen molar-refractivity contribution in [2.45, 2.75) is 219 Å². The molecule has 0 aliphatic rings. The number of hydrogen-bond donors (Lipinski definition) is 3. The van der Waals surface area contributed by atoms with Crippen LogP contribution in [0.2, 0.25) is 0 Å². The Hall–Kier alpha value is 0.500. The fraction of sp³-hybridized carbons (Fsp3) is 1.00. The maximum Gasteiger partial charge on any atom is 0.466 e. The quantitative estimate of drug-likeness (QED) is 0.0475. The Labute approximate surface area is 273 Å². The van der Waals surface area contributed by atoms with Crippen LogP contribution in [-0.2, 0) is 9.30 Å². The van der Waals surface area contributed by atoms with Crippen LogP contribution in [0.15, 0.2) is 0 Å². The van der Waals surface area contributed by atoms with Crippen LogP contribution < -0.4 is 0 Å². The van der Waals surface area contributed by atoms with Gasteiger partial charge in [-0.25, -0.2) is 4.57 Å². The van der Waals surface area contributed by atoms with Gasteiger partial charge in [0, 0.05) is 13.2 Å². The fourth-order valence-electron chi connectivity index (χ4n) is 5.61. The number of unbranched alkanes of at least 4 members (excludes halogenated alkanes) is 30. The van der Waals surface area contributed by atoms with E-state index < -0.39 is 7.82 Å². The van der Waals surface area contributed by atoms with Crippen molar-refractivity contribution < 1.29 is 24.0 Å². The SMILES string of the molecule is CCCCCCCCCCCCCCCCCCOCCCCCCCCCCCCCCCCCC.O=P(O)(O)O.P. The van der Waals surface area contributed by atoms with E-state index in [1.807, 2.05) is 0 Å². The molecule has 0 aliphatic carbocycles. The van der Waals surface area contributed by atoms with E-state index in [4.69, 9.17) is 24.0 Å². The van der Waals surface area contributed by atoms with Crippen LogP contribution in [0, 0.1) is 0 Å². The van der Waals surface area contributed by atoms with Crippen molar-refractivity contribution in [3.63, 3.8) is 0 Å². The molecule has 0 saturated heterocycles. The Kier molecular flexibility index (Phi) is 47.3. The van der Waals surface area contributed by atoms with E-state index in [2.05, 4.69) is 13.8 Å². The summed E-state index contributed by atoms with van der Waals surface area (Å²) in [6, 6.07) is 0. The number of hydrogen-bond acceptors (Lipinski definition) is 2. The van der Waals surface area contributed by atoms with Gasteiger partial charge in [-0.2, -0.15) is 9.90 Å². The van der Waals surface area contributed by atoms with E-state index in [9.17, 15) is 0 Å². The fourth-order valence-corrected chi connectivity index (χ4v) is 5.61. The van der Waals surface area contributed by atoms with Crippen LogP contribution in [0.5, 0.6) is 0 Å². The molecule has 0 bridgehead atoms. The first-order valence-electron chi connectivity index (χ1n) is 18.8. The van der Waals surface area contributed by atoms with Crippen molar-refractivity contribution in [2.24, 2.45) is 0 Å². The summed E-state index contributed by atoms with van der Waals surface area (Å²) in [6.07, 6.45) is 46.0. The highest BCUT2D eigenvalue weighted by molar-refractivity contribution is 7.45. The van der Waals surface area contributed by atoms with Crippen molar-refractivity contribution in [3.8, 4) is 0 Å². The molecule has 0 rings (SSSR count). The molecule has 0 aromatic rings. The molecule has 0 fully saturated rings.